The normalized spacial score (nSPS) is 18.3. The molecule has 0 aromatic heterocycles. The van der Waals surface area contributed by atoms with Crippen LogP contribution in [0.4, 0.5) is 4.39 Å². The van der Waals surface area contributed by atoms with Crippen LogP contribution in [-0.4, -0.2) is 25.8 Å². The molecule has 2 rings (SSSR count). The summed E-state index contributed by atoms with van der Waals surface area (Å²) < 4.78 is 19.3. The highest BCUT2D eigenvalue weighted by Crippen LogP contribution is 2.36. The SMILES string of the molecule is CCOC(C1CC1)C(Cc1ccc(Cl)c(F)c1)NC. The molecule has 0 saturated heterocycles. The van der Waals surface area contributed by atoms with Crippen LogP contribution < -0.4 is 5.32 Å². The Morgan fingerprint density at radius 1 is 1.47 bits per heavy atom. The highest BCUT2D eigenvalue weighted by Gasteiger charge is 2.36. The van der Waals surface area contributed by atoms with Crippen LogP contribution in [0.5, 0.6) is 0 Å². The van der Waals surface area contributed by atoms with Gasteiger partial charge < -0.3 is 10.1 Å². The number of likely N-dealkylation sites (N-methyl/N-ethyl adjacent to an activating group) is 1. The first-order chi connectivity index (χ1) is 9.15. The molecule has 19 heavy (non-hydrogen) atoms. The quantitative estimate of drug-likeness (QED) is 0.829. The van der Waals surface area contributed by atoms with Crippen LogP contribution in [0.15, 0.2) is 18.2 Å². The van der Waals surface area contributed by atoms with E-state index in [-0.39, 0.29) is 23.0 Å². The summed E-state index contributed by atoms with van der Waals surface area (Å²) in [5.74, 6) is 0.294. The van der Waals surface area contributed by atoms with Gasteiger partial charge in [0.05, 0.1) is 11.1 Å². The Hall–Kier alpha value is -0.640. The van der Waals surface area contributed by atoms with Crippen LogP contribution in [0.2, 0.25) is 5.02 Å². The van der Waals surface area contributed by atoms with E-state index >= 15 is 0 Å². The van der Waals surface area contributed by atoms with Crippen molar-refractivity contribution in [3.63, 3.8) is 0 Å². The summed E-state index contributed by atoms with van der Waals surface area (Å²) in [6.07, 6.45) is 3.44. The van der Waals surface area contributed by atoms with Crippen LogP contribution in [-0.2, 0) is 11.2 Å². The van der Waals surface area contributed by atoms with Crippen molar-refractivity contribution in [3.05, 3.63) is 34.6 Å². The standard InChI is InChI=1S/C15H21ClFNO/c1-3-19-15(11-5-6-11)14(18-2)9-10-4-7-12(16)13(17)8-10/h4,7-8,11,14-15,18H,3,5-6,9H2,1-2H3. The molecule has 1 fully saturated rings. The summed E-state index contributed by atoms with van der Waals surface area (Å²) in [5, 5.41) is 3.48. The molecule has 1 saturated carbocycles. The third-order valence-corrected chi connectivity index (χ3v) is 3.96. The van der Waals surface area contributed by atoms with Crippen molar-refractivity contribution in [2.45, 2.75) is 38.3 Å². The van der Waals surface area contributed by atoms with E-state index in [4.69, 9.17) is 16.3 Å². The maximum Gasteiger partial charge on any atom is 0.142 e. The Kier molecular flexibility index (Phi) is 5.20. The summed E-state index contributed by atoms with van der Waals surface area (Å²) in [6.45, 7) is 2.73. The molecule has 0 aliphatic heterocycles. The summed E-state index contributed by atoms with van der Waals surface area (Å²) >= 11 is 5.71. The van der Waals surface area contributed by atoms with Crippen molar-refractivity contribution in [2.75, 3.05) is 13.7 Å². The van der Waals surface area contributed by atoms with Crippen molar-refractivity contribution in [1.82, 2.24) is 5.32 Å². The molecule has 4 heteroatoms. The lowest BCUT2D eigenvalue weighted by Crippen LogP contribution is -2.42. The smallest absolute Gasteiger partial charge is 0.142 e. The number of benzene rings is 1. The van der Waals surface area contributed by atoms with Gasteiger partial charge in [0.1, 0.15) is 5.82 Å². The largest absolute Gasteiger partial charge is 0.377 e. The summed E-state index contributed by atoms with van der Waals surface area (Å²) in [7, 11) is 1.94. The second kappa shape index (κ2) is 6.69. The highest BCUT2D eigenvalue weighted by atomic mass is 35.5. The van der Waals surface area contributed by atoms with Gasteiger partial charge in [-0.2, -0.15) is 0 Å². The third-order valence-electron chi connectivity index (χ3n) is 3.65. The average molecular weight is 286 g/mol. The number of halogens is 2. The number of ether oxygens (including phenoxy) is 1. The predicted octanol–water partition coefficient (Wildman–Crippen LogP) is 3.42. The van der Waals surface area contributed by atoms with Crippen molar-refractivity contribution in [3.8, 4) is 0 Å². The lowest BCUT2D eigenvalue weighted by molar-refractivity contribution is 0.0211. The molecule has 0 heterocycles. The Bertz CT molecular complexity index is 423. The number of hydrogen-bond acceptors (Lipinski definition) is 2. The van der Waals surface area contributed by atoms with Crippen LogP contribution in [0, 0.1) is 11.7 Å². The Labute approximate surface area is 119 Å². The van der Waals surface area contributed by atoms with E-state index in [0.29, 0.717) is 12.5 Å². The van der Waals surface area contributed by atoms with E-state index in [0.717, 1.165) is 12.0 Å². The molecule has 0 amide bonds. The molecule has 1 aromatic rings. The molecular formula is C15H21ClFNO. The van der Waals surface area contributed by atoms with Gasteiger partial charge in [-0.05, 0) is 56.8 Å². The monoisotopic (exact) mass is 285 g/mol. The van der Waals surface area contributed by atoms with Gasteiger partial charge in [-0.1, -0.05) is 17.7 Å². The Balaban J connectivity index is 2.06. The molecule has 1 aliphatic rings. The fourth-order valence-corrected chi connectivity index (χ4v) is 2.62. The maximum atomic E-state index is 13.5. The second-order valence-electron chi connectivity index (χ2n) is 5.11. The molecule has 2 nitrogen and oxygen atoms in total. The zero-order valence-corrected chi connectivity index (χ0v) is 12.2. The second-order valence-corrected chi connectivity index (χ2v) is 5.51. The minimum Gasteiger partial charge on any atom is -0.377 e. The van der Waals surface area contributed by atoms with E-state index in [1.165, 1.54) is 18.9 Å². The minimum absolute atomic E-state index is 0.174. The number of nitrogens with one attached hydrogen (secondary N) is 1. The van der Waals surface area contributed by atoms with Crippen molar-refractivity contribution in [1.29, 1.82) is 0 Å². The number of rotatable bonds is 7. The number of hydrogen-bond donors (Lipinski definition) is 1. The zero-order valence-electron chi connectivity index (χ0n) is 11.5. The molecular weight excluding hydrogens is 265 g/mol. The first-order valence-corrected chi connectivity index (χ1v) is 7.26. The lowest BCUT2D eigenvalue weighted by atomic mass is 9.98. The third kappa shape index (κ3) is 3.91. The Morgan fingerprint density at radius 2 is 2.21 bits per heavy atom. The van der Waals surface area contributed by atoms with Gasteiger partial charge in [-0.3, -0.25) is 0 Å². The first kappa shape index (κ1) is 14.8. The molecule has 0 spiro atoms. The minimum atomic E-state index is -0.353. The zero-order chi connectivity index (χ0) is 13.8. The predicted molar refractivity (Wildman–Crippen MR) is 76.1 cm³/mol. The molecule has 2 atom stereocenters. The first-order valence-electron chi connectivity index (χ1n) is 6.88. The molecule has 1 N–H and O–H groups in total. The fourth-order valence-electron chi connectivity index (χ4n) is 2.50. The van der Waals surface area contributed by atoms with Crippen LogP contribution in [0.25, 0.3) is 0 Å². The lowest BCUT2D eigenvalue weighted by Gasteiger charge is -2.27. The molecule has 106 valence electrons. The van der Waals surface area contributed by atoms with E-state index in [9.17, 15) is 4.39 Å². The van der Waals surface area contributed by atoms with Gasteiger partial charge in [-0.15, -0.1) is 0 Å². The molecule has 1 aromatic carbocycles. The van der Waals surface area contributed by atoms with E-state index in [1.807, 2.05) is 20.0 Å². The summed E-state index contributed by atoms with van der Waals surface area (Å²) in [5.41, 5.74) is 0.951. The van der Waals surface area contributed by atoms with Crippen molar-refractivity contribution < 1.29 is 9.13 Å². The van der Waals surface area contributed by atoms with Gasteiger partial charge in [-0.25, -0.2) is 4.39 Å². The molecule has 0 radical (unpaired) electrons. The van der Waals surface area contributed by atoms with Crippen molar-refractivity contribution >= 4 is 11.6 Å². The Morgan fingerprint density at radius 3 is 2.74 bits per heavy atom. The van der Waals surface area contributed by atoms with E-state index in [2.05, 4.69) is 5.32 Å². The molecule has 0 bridgehead atoms. The summed E-state index contributed by atoms with van der Waals surface area (Å²) in [6, 6.07) is 5.23. The van der Waals surface area contributed by atoms with Gasteiger partial charge in [0.25, 0.3) is 0 Å². The average Bonchev–Trinajstić information content (AvgIpc) is 3.22. The van der Waals surface area contributed by atoms with Gasteiger partial charge in [0.2, 0.25) is 0 Å². The van der Waals surface area contributed by atoms with Gasteiger partial charge in [0, 0.05) is 12.6 Å². The maximum absolute atomic E-state index is 13.5. The van der Waals surface area contributed by atoms with Crippen LogP contribution in [0.3, 0.4) is 0 Å². The fraction of sp³-hybridized carbons (Fsp3) is 0.600. The van der Waals surface area contributed by atoms with Gasteiger partial charge >= 0.3 is 0 Å². The summed E-state index contributed by atoms with van der Waals surface area (Å²) in [4.78, 5) is 0. The van der Waals surface area contributed by atoms with E-state index in [1.54, 1.807) is 6.07 Å². The molecule has 1 aliphatic carbocycles. The van der Waals surface area contributed by atoms with Crippen molar-refractivity contribution in [2.24, 2.45) is 5.92 Å². The van der Waals surface area contributed by atoms with Crippen LogP contribution >= 0.6 is 11.6 Å². The van der Waals surface area contributed by atoms with Crippen LogP contribution in [0.1, 0.15) is 25.3 Å². The topological polar surface area (TPSA) is 21.3 Å². The molecule has 2 unspecified atom stereocenters. The van der Waals surface area contributed by atoms with Gasteiger partial charge in [0.15, 0.2) is 0 Å². The van der Waals surface area contributed by atoms with E-state index < -0.39 is 0 Å². The highest BCUT2D eigenvalue weighted by molar-refractivity contribution is 6.30.